The van der Waals surface area contributed by atoms with E-state index < -0.39 is 5.60 Å². The summed E-state index contributed by atoms with van der Waals surface area (Å²) in [5.41, 5.74) is 0.489. The van der Waals surface area contributed by atoms with Gasteiger partial charge in [-0.05, 0) is 30.2 Å². The lowest BCUT2D eigenvalue weighted by molar-refractivity contribution is -0.148. The number of nitrogens with one attached hydrogen (secondary N) is 1. The Hall–Kier alpha value is -2.46. The average molecular weight is 327 g/mol. The van der Waals surface area contributed by atoms with Gasteiger partial charge in [-0.15, -0.1) is 6.58 Å². The molecule has 0 bridgehead atoms. The molecule has 0 radical (unpaired) electrons. The third-order valence-corrected chi connectivity index (χ3v) is 3.80. The number of benzene rings is 2. The molecule has 2 aromatic carbocycles. The fourth-order valence-corrected chi connectivity index (χ4v) is 2.63. The second-order valence-electron chi connectivity index (χ2n) is 5.43. The molecule has 0 spiro atoms. The molecule has 1 N–H and O–H groups in total. The van der Waals surface area contributed by atoms with E-state index in [0.717, 1.165) is 11.1 Å². The smallest absolute Gasteiger partial charge is 0.257 e. The van der Waals surface area contributed by atoms with Gasteiger partial charge in [0.1, 0.15) is 5.82 Å². The zero-order valence-corrected chi connectivity index (χ0v) is 13.8. The molecule has 24 heavy (non-hydrogen) atoms. The van der Waals surface area contributed by atoms with E-state index in [4.69, 9.17) is 4.74 Å². The van der Waals surface area contributed by atoms with E-state index in [1.54, 1.807) is 18.2 Å². The van der Waals surface area contributed by atoms with E-state index in [-0.39, 0.29) is 11.7 Å². The number of carbonyl (C=O) groups is 1. The molecular weight excluding hydrogens is 305 g/mol. The quantitative estimate of drug-likeness (QED) is 0.746. The minimum Gasteiger partial charge on any atom is -0.360 e. The molecule has 0 aliphatic carbocycles. The van der Waals surface area contributed by atoms with Crippen LogP contribution in [0.5, 0.6) is 0 Å². The Morgan fingerprint density at radius 1 is 1.21 bits per heavy atom. The number of amides is 1. The highest BCUT2D eigenvalue weighted by Gasteiger charge is 2.39. The van der Waals surface area contributed by atoms with Crippen molar-refractivity contribution >= 4 is 5.91 Å². The van der Waals surface area contributed by atoms with Crippen molar-refractivity contribution < 1.29 is 13.9 Å². The van der Waals surface area contributed by atoms with Crippen LogP contribution in [-0.4, -0.2) is 12.5 Å². The van der Waals surface area contributed by atoms with Crippen molar-refractivity contribution in [2.45, 2.75) is 25.5 Å². The molecule has 0 aliphatic heterocycles. The third kappa shape index (κ3) is 4.09. The zero-order chi connectivity index (χ0) is 17.4. The van der Waals surface area contributed by atoms with Crippen LogP contribution in [-0.2, 0) is 21.7 Å². The summed E-state index contributed by atoms with van der Waals surface area (Å²) in [6, 6.07) is 15.4. The predicted octanol–water partition coefficient (Wildman–Crippen LogP) is 3.95. The second-order valence-corrected chi connectivity index (χ2v) is 5.43. The summed E-state index contributed by atoms with van der Waals surface area (Å²) in [6.45, 7) is 6.32. The number of rotatable bonds is 8. The molecule has 1 amide bonds. The summed E-state index contributed by atoms with van der Waals surface area (Å²) in [5.74, 6) is -0.538. The van der Waals surface area contributed by atoms with Crippen LogP contribution in [0.15, 0.2) is 67.3 Å². The van der Waals surface area contributed by atoms with Gasteiger partial charge in [0, 0.05) is 19.6 Å². The highest BCUT2D eigenvalue weighted by molar-refractivity contribution is 5.86. The van der Waals surface area contributed by atoms with Gasteiger partial charge < -0.3 is 10.1 Å². The molecule has 1 unspecified atom stereocenters. The van der Waals surface area contributed by atoms with Crippen LogP contribution >= 0.6 is 0 Å². The Bertz CT molecular complexity index is 670. The van der Waals surface area contributed by atoms with Crippen molar-refractivity contribution in [3.05, 3.63) is 84.2 Å². The maximum atomic E-state index is 13.0. The normalized spacial score (nSPS) is 13.1. The summed E-state index contributed by atoms with van der Waals surface area (Å²) >= 11 is 0. The molecule has 0 heterocycles. The predicted molar refractivity (Wildman–Crippen MR) is 92.8 cm³/mol. The highest BCUT2D eigenvalue weighted by Crippen LogP contribution is 2.30. The van der Waals surface area contributed by atoms with Gasteiger partial charge in [-0.1, -0.05) is 48.5 Å². The van der Waals surface area contributed by atoms with Gasteiger partial charge in [0.15, 0.2) is 5.60 Å². The maximum Gasteiger partial charge on any atom is 0.257 e. The first kappa shape index (κ1) is 17.9. The van der Waals surface area contributed by atoms with Crippen LogP contribution in [0.1, 0.15) is 24.5 Å². The van der Waals surface area contributed by atoms with Crippen molar-refractivity contribution in [2.75, 3.05) is 6.61 Å². The lowest BCUT2D eigenvalue weighted by Crippen LogP contribution is -2.46. The van der Waals surface area contributed by atoms with E-state index >= 15 is 0 Å². The minimum absolute atomic E-state index is 0.236. The van der Waals surface area contributed by atoms with Crippen molar-refractivity contribution in [3.8, 4) is 0 Å². The summed E-state index contributed by atoms with van der Waals surface area (Å²) in [4.78, 5) is 12.9. The van der Waals surface area contributed by atoms with Crippen molar-refractivity contribution in [3.63, 3.8) is 0 Å². The Balaban J connectivity index is 2.23. The molecule has 0 saturated heterocycles. The summed E-state index contributed by atoms with van der Waals surface area (Å²) in [7, 11) is 0. The van der Waals surface area contributed by atoms with Crippen molar-refractivity contribution in [1.29, 1.82) is 0 Å². The van der Waals surface area contributed by atoms with E-state index in [1.807, 2.05) is 37.3 Å². The molecular formula is C20H22FNO2. The van der Waals surface area contributed by atoms with Gasteiger partial charge in [-0.2, -0.15) is 0 Å². The van der Waals surface area contributed by atoms with Crippen molar-refractivity contribution in [1.82, 2.24) is 5.32 Å². The number of halogens is 1. The number of hydrogen-bond acceptors (Lipinski definition) is 2. The molecule has 3 nitrogen and oxygen atoms in total. The molecule has 0 aromatic heterocycles. The topological polar surface area (TPSA) is 38.3 Å². The van der Waals surface area contributed by atoms with Gasteiger partial charge in [-0.25, -0.2) is 4.39 Å². The van der Waals surface area contributed by atoms with Gasteiger partial charge in [0.25, 0.3) is 5.91 Å². The molecule has 126 valence electrons. The largest absolute Gasteiger partial charge is 0.360 e. The van der Waals surface area contributed by atoms with Crippen LogP contribution in [0.4, 0.5) is 4.39 Å². The monoisotopic (exact) mass is 327 g/mol. The second kappa shape index (κ2) is 8.41. The first-order chi connectivity index (χ1) is 11.6. The van der Waals surface area contributed by atoms with E-state index in [2.05, 4.69) is 11.9 Å². The SMILES string of the molecule is C=CCC(OCC)(C(=O)NCc1ccc(F)cc1)c1ccccc1. The van der Waals surface area contributed by atoms with E-state index in [9.17, 15) is 9.18 Å². The maximum absolute atomic E-state index is 13.0. The van der Waals surface area contributed by atoms with Crippen LogP contribution < -0.4 is 5.32 Å². The lowest BCUT2D eigenvalue weighted by atomic mass is 9.89. The van der Waals surface area contributed by atoms with Crippen molar-refractivity contribution in [2.24, 2.45) is 0 Å². The third-order valence-electron chi connectivity index (χ3n) is 3.80. The fourth-order valence-electron chi connectivity index (χ4n) is 2.63. The fraction of sp³-hybridized carbons (Fsp3) is 0.250. The Kier molecular flexibility index (Phi) is 6.27. The molecule has 0 aliphatic rings. The average Bonchev–Trinajstić information content (AvgIpc) is 2.61. The number of ether oxygens (including phenoxy) is 1. The van der Waals surface area contributed by atoms with Crippen LogP contribution in [0, 0.1) is 5.82 Å². The molecule has 4 heteroatoms. The molecule has 0 fully saturated rings. The van der Waals surface area contributed by atoms with E-state index in [1.165, 1.54) is 12.1 Å². The summed E-state index contributed by atoms with van der Waals surface area (Å²) in [5, 5.41) is 2.89. The Morgan fingerprint density at radius 3 is 2.46 bits per heavy atom. The lowest BCUT2D eigenvalue weighted by Gasteiger charge is -2.32. The highest BCUT2D eigenvalue weighted by atomic mass is 19.1. The first-order valence-electron chi connectivity index (χ1n) is 7.95. The van der Waals surface area contributed by atoms with Crippen LogP contribution in [0.2, 0.25) is 0 Å². The van der Waals surface area contributed by atoms with Crippen LogP contribution in [0.25, 0.3) is 0 Å². The Morgan fingerprint density at radius 2 is 1.88 bits per heavy atom. The van der Waals surface area contributed by atoms with Gasteiger partial charge >= 0.3 is 0 Å². The number of hydrogen-bond donors (Lipinski definition) is 1. The van der Waals surface area contributed by atoms with E-state index in [0.29, 0.717) is 19.6 Å². The summed E-state index contributed by atoms with van der Waals surface area (Å²) < 4.78 is 18.9. The molecule has 2 aromatic rings. The Labute approximate surface area is 142 Å². The minimum atomic E-state index is -1.11. The molecule has 1 atom stereocenters. The first-order valence-corrected chi connectivity index (χ1v) is 7.95. The van der Waals surface area contributed by atoms with Gasteiger partial charge in [0.2, 0.25) is 0 Å². The standard InChI is InChI=1S/C20H22FNO2/c1-3-14-20(24-4-2,17-8-6-5-7-9-17)19(23)22-15-16-10-12-18(21)13-11-16/h3,5-13H,1,4,14-15H2,2H3,(H,22,23). The van der Waals surface area contributed by atoms with Crippen LogP contribution in [0.3, 0.4) is 0 Å². The molecule has 0 saturated carbocycles. The molecule has 2 rings (SSSR count). The van der Waals surface area contributed by atoms with Gasteiger partial charge in [-0.3, -0.25) is 4.79 Å². The zero-order valence-electron chi connectivity index (χ0n) is 13.8. The number of carbonyl (C=O) groups excluding carboxylic acids is 1. The van der Waals surface area contributed by atoms with Gasteiger partial charge in [0.05, 0.1) is 0 Å². The summed E-state index contributed by atoms with van der Waals surface area (Å²) in [6.07, 6.45) is 2.04.